The van der Waals surface area contributed by atoms with Gasteiger partial charge >= 0.3 is 0 Å². The van der Waals surface area contributed by atoms with Crippen molar-refractivity contribution < 1.29 is 76.4 Å². The average molecular weight is 1550 g/mol. The van der Waals surface area contributed by atoms with E-state index in [1.54, 1.807) is 66.7 Å². The quantitative estimate of drug-likeness (QED) is 0.0531. The van der Waals surface area contributed by atoms with Crippen LogP contribution in [-0.4, -0.2) is 114 Å². The van der Waals surface area contributed by atoms with Gasteiger partial charge in [-0.1, -0.05) is 149 Å². The van der Waals surface area contributed by atoms with Crippen molar-refractivity contribution in [3.63, 3.8) is 0 Å². The number of rotatable bonds is 24. The Kier molecular flexibility index (Phi) is 31.0. The van der Waals surface area contributed by atoms with Crippen LogP contribution in [0.5, 0.6) is 0 Å². The molecule has 8 aromatic rings. The second-order valence-electron chi connectivity index (χ2n) is 20.0. The number of nitrogens with one attached hydrogen (secondary N) is 2. The molecule has 32 heteroatoms. The molecule has 0 aliphatic heterocycles. The Morgan fingerprint density at radius 3 is 1.10 bits per heavy atom. The van der Waals surface area contributed by atoms with Crippen LogP contribution in [0, 0.1) is 5.82 Å². The van der Waals surface area contributed by atoms with Crippen molar-refractivity contribution in [2.45, 2.75) is 47.3 Å². The van der Waals surface area contributed by atoms with Gasteiger partial charge in [-0.05, 0) is 127 Å². The molecule has 516 valence electrons. The molecular formula is C66H60Cl3FN4O16S8. The minimum atomic E-state index is -3.91. The van der Waals surface area contributed by atoms with E-state index in [4.69, 9.17) is 34.8 Å². The van der Waals surface area contributed by atoms with Gasteiger partial charge in [-0.15, -0.1) is 0 Å². The molecule has 8 rings (SSSR count). The van der Waals surface area contributed by atoms with E-state index >= 15 is 0 Å². The van der Waals surface area contributed by atoms with E-state index in [0.717, 1.165) is 55.7 Å². The number of carbonyl (C=O) groups is 8. The summed E-state index contributed by atoms with van der Waals surface area (Å²) in [6, 6.07) is 46.9. The topological polar surface area (TPSA) is 304 Å². The van der Waals surface area contributed by atoms with Crippen LogP contribution in [0.1, 0.15) is 69.1 Å². The first-order chi connectivity index (χ1) is 46.0. The van der Waals surface area contributed by atoms with Gasteiger partial charge in [0.1, 0.15) is 5.82 Å². The third kappa shape index (κ3) is 25.2. The average Bonchev–Trinajstić information content (AvgIpc) is 0.814. The molecular weight excluding hydrogens is 1490 g/mol. The molecule has 20 nitrogen and oxygen atoms in total. The molecule has 98 heavy (non-hydrogen) atoms. The van der Waals surface area contributed by atoms with Gasteiger partial charge in [0.15, 0.2) is 43.6 Å². The van der Waals surface area contributed by atoms with E-state index in [1.165, 1.54) is 169 Å². The zero-order valence-corrected chi connectivity index (χ0v) is 61.3. The summed E-state index contributed by atoms with van der Waals surface area (Å²) in [5, 5.41) is 0.486. The number of para-hydroxylation sites is 1. The van der Waals surface area contributed by atoms with Gasteiger partial charge in [-0.3, -0.25) is 56.4 Å². The van der Waals surface area contributed by atoms with Crippen LogP contribution in [0.2, 0.25) is 15.1 Å². The lowest BCUT2D eigenvalue weighted by atomic mass is 10.1. The number of ketones is 4. The fourth-order valence-corrected chi connectivity index (χ4v) is 15.0. The van der Waals surface area contributed by atoms with E-state index in [-0.39, 0.29) is 119 Å². The van der Waals surface area contributed by atoms with Crippen LogP contribution in [0.3, 0.4) is 0 Å². The summed E-state index contributed by atoms with van der Waals surface area (Å²) in [5.41, 5.74) is 2.25. The predicted octanol–water partition coefficient (Wildman–Crippen LogP) is 13.9. The first kappa shape index (κ1) is 81.0. The number of carbonyl (C=O) groups excluding carboxylic acids is 8. The first-order valence-corrected chi connectivity index (χ1v) is 39.0. The van der Waals surface area contributed by atoms with E-state index in [2.05, 4.69) is 9.44 Å². The Balaban J connectivity index is 0.000000236. The van der Waals surface area contributed by atoms with E-state index in [9.17, 15) is 76.4 Å². The van der Waals surface area contributed by atoms with Gasteiger partial charge < -0.3 is 0 Å². The third-order valence-corrected chi connectivity index (χ3v) is 23.1. The third-order valence-electron chi connectivity index (χ3n) is 12.8. The minimum Gasteiger partial charge on any atom is -0.293 e. The zero-order valence-electron chi connectivity index (χ0n) is 52.5. The molecule has 8 aromatic carbocycles. The lowest BCUT2D eigenvalue weighted by Gasteiger charge is -2.20. The molecule has 0 saturated heterocycles. The molecule has 0 spiro atoms. The maximum absolute atomic E-state index is 13.0. The summed E-state index contributed by atoms with van der Waals surface area (Å²) in [6.45, 7) is 5.47. The molecule has 0 heterocycles. The molecule has 2 N–H and O–H groups in total. The van der Waals surface area contributed by atoms with Crippen molar-refractivity contribution in [1.29, 1.82) is 0 Å². The number of benzene rings is 8. The molecule has 0 aliphatic carbocycles. The van der Waals surface area contributed by atoms with Crippen molar-refractivity contribution in [1.82, 2.24) is 0 Å². The number of halogens is 4. The van der Waals surface area contributed by atoms with Gasteiger partial charge in [0.25, 0.3) is 40.1 Å². The van der Waals surface area contributed by atoms with Crippen LogP contribution in [-0.2, 0) is 59.3 Å². The summed E-state index contributed by atoms with van der Waals surface area (Å²) >= 11 is 21.2. The maximum Gasteiger partial charge on any atom is 0.264 e. The predicted molar refractivity (Wildman–Crippen MR) is 389 cm³/mol. The van der Waals surface area contributed by atoms with Gasteiger partial charge in [-0.2, -0.15) is 0 Å². The number of Topliss-reactive ketones (excluding diaryl/α,β-unsaturated/α-hetero) is 4. The molecule has 0 saturated carbocycles. The maximum atomic E-state index is 13.0. The lowest BCUT2D eigenvalue weighted by Crippen LogP contribution is -2.26. The Morgan fingerprint density at radius 1 is 0.378 bits per heavy atom. The summed E-state index contributed by atoms with van der Waals surface area (Å²) < 4.78 is 121. The summed E-state index contributed by atoms with van der Waals surface area (Å²) in [7, 11) is -12.7. The van der Waals surface area contributed by atoms with Crippen molar-refractivity contribution >= 4 is 188 Å². The largest absolute Gasteiger partial charge is 0.293 e. The molecule has 0 fully saturated rings. The Hall–Kier alpha value is -7.68. The lowest BCUT2D eigenvalue weighted by molar-refractivity contribution is -0.109. The van der Waals surface area contributed by atoms with E-state index in [1.807, 2.05) is 0 Å². The van der Waals surface area contributed by atoms with Crippen molar-refractivity contribution in [3.8, 4) is 0 Å². The fraction of sp³-hybridized carbons (Fsp3) is 0.152. The van der Waals surface area contributed by atoms with Gasteiger partial charge in [0, 0.05) is 79.8 Å². The van der Waals surface area contributed by atoms with E-state index < -0.39 is 45.9 Å². The van der Waals surface area contributed by atoms with Crippen LogP contribution in [0.15, 0.2) is 214 Å². The first-order valence-electron chi connectivity index (χ1n) is 28.1. The van der Waals surface area contributed by atoms with Crippen LogP contribution >= 0.6 is 81.9 Å². The highest BCUT2D eigenvalue weighted by Gasteiger charge is 2.26. The number of sulfonamides is 4. The fourth-order valence-electron chi connectivity index (χ4n) is 7.73. The SMILES string of the molecule is CC(=O)SCC(=O)c1cccc(S(=O)(=O)N(C)c2ccc(F)cc2)c1.CC(=O)SCC(=O)c1cccc(S(=O)(=O)N(C)c2cccc(Cl)c2)c1.CC(=O)SCC(=O)c1cccc(S(=O)(=O)Nc2ccc(Cl)cc2)c1.CC(=O)SCC(=O)c1cccc(S(=O)(=O)Nc2ccccc2Cl)c1. The minimum absolute atomic E-state index is 0.00588. The Morgan fingerprint density at radius 2 is 0.724 bits per heavy atom. The van der Waals surface area contributed by atoms with Crippen molar-refractivity contribution in [2.75, 3.05) is 55.2 Å². The monoisotopic (exact) mass is 1540 g/mol. The zero-order chi connectivity index (χ0) is 72.7. The Bertz CT molecular complexity index is 4750. The van der Waals surface area contributed by atoms with Crippen LogP contribution < -0.4 is 18.1 Å². The second kappa shape index (κ2) is 37.5. The highest BCUT2D eigenvalue weighted by Crippen LogP contribution is 2.29. The number of nitrogens with zero attached hydrogens (tertiary/aromatic N) is 2. The molecule has 0 atom stereocenters. The number of thioether (sulfide) groups is 4. The molecule has 0 bridgehead atoms. The second-order valence-corrected chi connectivity index (χ2v) is 33.2. The normalized spacial score (nSPS) is 11.1. The number of hydrogen-bond acceptors (Lipinski definition) is 20. The highest BCUT2D eigenvalue weighted by molar-refractivity contribution is 8.15. The van der Waals surface area contributed by atoms with Crippen molar-refractivity contribution in [2.24, 2.45) is 0 Å². The Labute approximate surface area is 599 Å². The molecule has 0 radical (unpaired) electrons. The summed E-state index contributed by atoms with van der Waals surface area (Å²) in [4.78, 5) is 91.9. The smallest absolute Gasteiger partial charge is 0.264 e. The van der Waals surface area contributed by atoms with Crippen LogP contribution in [0.25, 0.3) is 0 Å². The number of hydrogen-bond donors (Lipinski definition) is 2. The van der Waals surface area contributed by atoms with Gasteiger partial charge in [0.05, 0.1) is 64.7 Å². The standard InChI is InChI=1S/C17H16ClNO4S2.C17H16FNO4S2.2C16H14ClNO4S2/c1-12(20)24-11-17(21)13-5-3-8-16(9-13)25(22,23)19(2)15-7-4-6-14(18)10-15;1-12(20)24-11-17(21)13-4-3-5-16(10-13)25(22,23)19(2)15-8-6-14(18)7-9-15;1-11(19)23-10-16(20)12-5-4-6-13(9-12)24(21,22)18-15-8-3-2-7-14(15)17;1-11(19)23-10-16(20)12-3-2-4-15(9-12)24(21,22)18-14-7-5-13(17)6-8-14/h2*3-10H,11H2,1-2H3;2*2-9,18H,10H2,1H3. The molecule has 0 aliphatic rings. The van der Waals surface area contributed by atoms with Crippen molar-refractivity contribution in [3.05, 3.63) is 237 Å². The van der Waals surface area contributed by atoms with Gasteiger partial charge in [0.2, 0.25) is 0 Å². The van der Waals surface area contributed by atoms with Crippen LogP contribution in [0.4, 0.5) is 27.1 Å². The summed E-state index contributed by atoms with van der Waals surface area (Å²) in [6.07, 6.45) is 0. The highest BCUT2D eigenvalue weighted by atomic mass is 35.5. The van der Waals surface area contributed by atoms with E-state index in [0.29, 0.717) is 27.1 Å². The number of anilines is 4. The van der Waals surface area contributed by atoms with Gasteiger partial charge in [-0.25, -0.2) is 38.1 Å². The molecule has 0 unspecified atom stereocenters. The molecule has 0 amide bonds. The summed E-state index contributed by atoms with van der Waals surface area (Å²) in [5.74, 6) is -1.85. The molecule has 0 aromatic heterocycles.